The molecule has 0 radical (unpaired) electrons. The van der Waals surface area contributed by atoms with Gasteiger partial charge >= 0.3 is 0 Å². The number of nitrogens with two attached hydrogens (primary N) is 1. The summed E-state index contributed by atoms with van der Waals surface area (Å²) < 4.78 is 13.6. The normalized spacial score (nSPS) is 11.2. The van der Waals surface area contributed by atoms with Crippen LogP contribution in [0.15, 0.2) is 29.3 Å². The van der Waals surface area contributed by atoms with Crippen molar-refractivity contribution in [2.45, 2.75) is 20.3 Å². The molecule has 1 aromatic rings. The Morgan fingerprint density at radius 1 is 1.38 bits per heavy atom. The molecule has 1 aromatic carbocycles. The van der Waals surface area contributed by atoms with Crippen LogP contribution in [0.5, 0.6) is 0 Å². The molecule has 1 rings (SSSR count). The second-order valence-corrected chi connectivity index (χ2v) is 5.27. The van der Waals surface area contributed by atoms with Crippen LogP contribution in [0.2, 0.25) is 0 Å². The molecular weight excluding hydrogens is 382 g/mol. The highest BCUT2D eigenvalue weighted by molar-refractivity contribution is 14.0. The number of para-hydroxylation sites is 1. The Morgan fingerprint density at radius 3 is 2.67 bits per heavy atom. The molecule has 21 heavy (non-hydrogen) atoms. The van der Waals surface area contributed by atoms with E-state index in [9.17, 15) is 4.39 Å². The van der Waals surface area contributed by atoms with E-state index >= 15 is 0 Å². The maximum absolute atomic E-state index is 13.6. The summed E-state index contributed by atoms with van der Waals surface area (Å²) in [5, 5.41) is 3.07. The van der Waals surface area contributed by atoms with Crippen LogP contribution in [0.3, 0.4) is 0 Å². The molecule has 0 fully saturated rings. The van der Waals surface area contributed by atoms with Gasteiger partial charge in [-0.3, -0.25) is 4.99 Å². The van der Waals surface area contributed by atoms with Gasteiger partial charge in [0, 0.05) is 26.7 Å². The summed E-state index contributed by atoms with van der Waals surface area (Å²) in [7, 11) is 1.88. The first kappa shape index (κ1) is 19.9. The van der Waals surface area contributed by atoms with Crippen LogP contribution >= 0.6 is 24.0 Å². The molecule has 0 spiro atoms. The first-order valence-corrected chi connectivity index (χ1v) is 7.00. The second-order valence-electron chi connectivity index (χ2n) is 5.27. The molecule has 0 unspecified atom stereocenters. The number of nitrogens with one attached hydrogen (secondary N) is 1. The predicted octanol–water partition coefficient (Wildman–Crippen LogP) is 2.83. The van der Waals surface area contributed by atoms with Crippen molar-refractivity contribution >= 4 is 35.6 Å². The van der Waals surface area contributed by atoms with E-state index in [1.165, 1.54) is 6.07 Å². The lowest BCUT2D eigenvalue weighted by Gasteiger charge is -2.19. The van der Waals surface area contributed by atoms with Crippen LogP contribution in [-0.2, 0) is 0 Å². The fourth-order valence-corrected chi connectivity index (χ4v) is 1.75. The van der Waals surface area contributed by atoms with E-state index in [-0.39, 0.29) is 29.8 Å². The first-order chi connectivity index (χ1) is 9.50. The average molecular weight is 408 g/mol. The van der Waals surface area contributed by atoms with E-state index in [1.807, 2.05) is 18.0 Å². The van der Waals surface area contributed by atoms with Gasteiger partial charge in [-0.2, -0.15) is 0 Å². The number of nitrogens with zero attached hydrogens (tertiary/aromatic N) is 2. The number of rotatable bonds is 7. The summed E-state index contributed by atoms with van der Waals surface area (Å²) in [6.07, 6.45) is 0.864. The highest BCUT2D eigenvalue weighted by atomic mass is 127. The third-order valence-corrected chi connectivity index (χ3v) is 2.87. The van der Waals surface area contributed by atoms with Crippen molar-refractivity contribution < 1.29 is 4.39 Å². The van der Waals surface area contributed by atoms with Gasteiger partial charge in [0.05, 0.1) is 5.69 Å². The first-order valence-electron chi connectivity index (χ1n) is 7.00. The molecule has 6 heteroatoms. The number of anilines is 1. The van der Waals surface area contributed by atoms with Gasteiger partial charge in [0.25, 0.3) is 0 Å². The highest BCUT2D eigenvalue weighted by Crippen LogP contribution is 2.16. The van der Waals surface area contributed by atoms with Gasteiger partial charge in [-0.15, -0.1) is 24.0 Å². The topological polar surface area (TPSA) is 53.6 Å². The molecule has 0 heterocycles. The lowest BCUT2D eigenvalue weighted by Crippen LogP contribution is -2.34. The molecule has 0 atom stereocenters. The molecule has 0 saturated carbocycles. The van der Waals surface area contributed by atoms with Crippen LogP contribution in [0, 0.1) is 11.7 Å². The van der Waals surface area contributed by atoms with Gasteiger partial charge < -0.3 is 16.0 Å². The fourth-order valence-electron chi connectivity index (χ4n) is 1.75. The number of aliphatic imine (C=N–C) groups is 1. The predicted molar refractivity (Wildman–Crippen MR) is 99.0 cm³/mol. The smallest absolute Gasteiger partial charge is 0.188 e. The Balaban J connectivity index is 0.00000400. The number of hydrogen-bond donors (Lipinski definition) is 2. The van der Waals surface area contributed by atoms with E-state index in [0.29, 0.717) is 17.6 Å². The zero-order valence-electron chi connectivity index (χ0n) is 13.0. The van der Waals surface area contributed by atoms with Gasteiger partial charge in [0.2, 0.25) is 0 Å². The van der Waals surface area contributed by atoms with Gasteiger partial charge in [-0.1, -0.05) is 26.0 Å². The Labute approximate surface area is 144 Å². The molecular formula is C15H26FIN4. The van der Waals surface area contributed by atoms with Crippen molar-refractivity contribution in [3.63, 3.8) is 0 Å². The Bertz CT molecular complexity index is 437. The van der Waals surface area contributed by atoms with Gasteiger partial charge in [-0.05, 0) is 24.5 Å². The maximum atomic E-state index is 13.6. The minimum absolute atomic E-state index is 0. The molecule has 0 amide bonds. The SMILES string of the molecule is CC(C)CN=C(N)NCCCN(C)c1ccccc1F.I. The van der Waals surface area contributed by atoms with Crippen molar-refractivity contribution in [2.75, 3.05) is 31.6 Å². The lowest BCUT2D eigenvalue weighted by molar-refractivity contribution is 0.619. The fraction of sp³-hybridized carbons (Fsp3) is 0.533. The quantitative estimate of drug-likeness (QED) is 0.316. The van der Waals surface area contributed by atoms with Crippen molar-refractivity contribution in [2.24, 2.45) is 16.6 Å². The molecule has 0 aliphatic carbocycles. The van der Waals surface area contributed by atoms with Gasteiger partial charge in [0.15, 0.2) is 5.96 Å². The Kier molecular flexibility index (Phi) is 10.1. The monoisotopic (exact) mass is 408 g/mol. The maximum Gasteiger partial charge on any atom is 0.188 e. The summed E-state index contributed by atoms with van der Waals surface area (Å²) in [6.45, 7) is 6.41. The molecule has 0 aliphatic heterocycles. The summed E-state index contributed by atoms with van der Waals surface area (Å²) in [6, 6.07) is 6.78. The second kappa shape index (κ2) is 10.6. The van der Waals surface area contributed by atoms with Gasteiger partial charge in [-0.25, -0.2) is 4.39 Å². The van der Waals surface area contributed by atoms with E-state index in [4.69, 9.17) is 5.73 Å². The highest BCUT2D eigenvalue weighted by Gasteiger charge is 2.05. The molecule has 4 nitrogen and oxygen atoms in total. The lowest BCUT2D eigenvalue weighted by atomic mass is 10.2. The van der Waals surface area contributed by atoms with Crippen LogP contribution in [-0.4, -0.2) is 32.6 Å². The summed E-state index contributed by atoms with van der Waals surface area (Å²) in [4.78, 5) is 6.12. The summed E-state index contributed by atoms with van der Waals surface area (Å²) >= 11 is 0. The van der Waals surface area contributed by atoms with Crippen LogP contribution in [0.4, 0.5) is 10.1 Å². The third-order valence-electron chi connectivity index (χ3n) is 2.87. The number of halogens is 2. The molecule has 0 aromatic heterocycles. The van der Waals surface area contributed by atoms with Crippen LogP contribution in [0.25, 0.3) is 0 Å². The summed E-state index contributed by atoms with van der Waals surface area (Å²) in [5.41, 5.74) is 6.36. The zero-order valence-corrected chi connectivity index (χ0v) is 15.3. The van der Waals surface area contributed by atoms with Crippen molar-refractivity contribution in [1.82, 2.24) is 5.32 Å². The minimum Gasteiger partial charge on any atom is -0.372 e. The average Bonchev–Trinajstić information content (AvgIpc) is 2.41. The van der Waals surface area contributed by atoms with Crippen molar-refractivity contribution in [3.05, 3.63) is 30.1 Å². The zero-order chi connectivity index (χ0) is 15.0. The molecule has 120 valence electrons. The molecule has 0 aliphatic rings. The Morgan fingerprint density at radius 2 is 2.05 bits per heavy atom. The van der Waals surface area contributed by atoms with Crippen LogP contribution < -0.4 is 16.0 Å². The standard InChI is InChI=1S/C15H25FN4.HI/c1-12(2)11-19-15(17)18-9-6-10-20(3)14-8-5-4-7-13(14)16;/h4-5,7-8,12H,6,9-11H2,1-3H3,(H3,17,18,19);1H. The van der Waals surface area contributed by atoms with Crippen LogP contribution in [0.1, 0.15) is 20.3 Å². The Hall–Kier alpha value is -1.05. The third kappa shape index (κ3) is 8.08. The number of hydrogen-bond acceptors (Lipinski definition) is 2. The number of benzene rings is 1. The molecule has 0 bridgehead atoms. The van der Waals surface area contributed by atoms with Crippen molar-refractivity contribution in [1.29, 1.82) is 0 Å². The van der Waals surface area contributed by atoms with E-state index < -0.39 is 0 Å². The van der Waals surface area contributed by atoms with E-state index in [1.54, 1.807) is 12.1 Å². The molecule has 0 saturated heterocycles. The largest absolute Gasteiger partial charge is 0.372 e. The summed E-state index contributed by atoms with van der Waals surface area (Å²) in [5.74, 6) is 0.788. The van der Waals surface area contributed by atoms with Gasteiger partial charge in [0.1, 0.15) is 5.82 Å². The number of guanidine groups is 1. The van der Waals surface area contributed by atoms with E-state index in [2.05, 4.69) is 24.2 Å². The minimum atomic E-state index is -0.194. The molecule has 3 N–H and O–H groups in total. The van der Waals surface area contributed by atoms with E-state index in [0.717, 1.165) is 26.1 Å². The van der Waals surface area contributed by atoms with Crippen molar-refractivity contribution in [3.8, 4) is 0 Å².